The first kappa shape index (κ1) is 20.7. The van der Waals surface area contributed by atoms with Crippen LogP contribution >= 0.6 is 23.2 Å². The van der Waals surface area contributed by atoms with Crippen LogP contribution in [0.1, 0.15) is 10.4 Å². The van der Waals surface area contributed by atoms with Crippen molar-refractivity contribution >= 4 is 40.7 Å². The molecule has 0 radical (unpaired) electrons. The van der Waals surface area contributed by atoms with Crippen molar-refractivity contribution < 1.29 is 14.3 Å². The third-order valence-corrected chi connectivity index (χ3v) is 4.66. The van der Waals surface area contributed by atoms with Gasteiger partial charge in [-0.2, -0.15) is 0 Å². The Morgan fingerprint density at radius 3 is 2.07 bits per heavy atom. The number of nitrogens with one attached hydrogen (secondary N) is 1. The third-order valence-electron chi connectivity index (χ3n) is 4.03. The number of carbonyl (C=O) groups is 2. The van der Waals surface area contributed by atoms with Crippen LogP contribution in [-0.2, 0) is 4.79 Å². The Bertz CT molecular complexity index is 988. The van der Waals surface area contributed by atoms with Gasteiger partial charge in [-0.05, 0) is 48.5 Å². The molecule has 1 N–H and O–H groups in total. The Morgan fingerprint density at radius 1 is 0.862 bits per heavy atom. The molecule has 0 unspecified atom stereocenters. The van der Waals surface area contributed by atoms with Gasteiger partial charge in [0.15, 0.2) is 0 Å². The molecule has 5 nitrogen and oxygen atoms in total. The number of nitrogens with zero attached hydrogens (tertiary/aromatic N) is 1. The topological polar surface area (TPSA) is 58.6 Å². The van der Waals surface area contributed by atoms with E-state index in [9.17, 15) is 9.59 Å². The zero-order valence-corrected chi connectivity index (χ0v) is 17.1. The second kappa shape index (κ2) is 9.45. The van der Waals surface area contributed by atoms with Crippen LogP contribution in [0.3, 0.4) is 0 Å². The van der Waals surface area contributed by atoms with Crippen LogP contribution in [0.2, 0.25) is 10.0 Å². The standard InChI is InChI=1S/C22H18Cl2N2O3/c1-26(14-20(27)25-21-18(23)8-5-9-19(21)24)22(28)15-10-12-17(13-11-15)29-16-6-3-2-4-7-16/h2-13H,14H2,1H3,(H,25,27). The van der Waals surface area contributed by atoms with E-state index in [2.05, 4.69) is 5.32 Å². The molecular weight excluding hydrogens is 411 g/mol. The van der Waals surface area contributed by atoms with E-state index in [1.807, 2.05) is 30.3 Å². The fourth-order valence-corrected chi connectivity index (χ4v) is 3.09. The molecule has 0 atom stereocenters. The van der Waals surface area contributed by atoms with Crippen molar-refractivity contribution in [2.75, 3.05) is 18.9 Å². The number of para-hydroxylation sites is 2. The number of halogens is 2. The molecule has 0 aliphatic heterocycles. The Kier molecular flexibility index (Phi) is 6.75. The summed E-state index contributed by atoms with van der Waals surface area (Å²) in [6, 6.07) is 21.0. The van der Waals surface area contributed by atoms with Crippen molar-refractivity contribution in [1.82, 2.24) is 4.90 Å². The quantitative estimate of drug-likeness (QED) is 0.563. The number of hydrogen-bond donors (Lipinski definition) is 1. The highest BCUT2D eigenvalue weighted by Gasteiger charge is 2.17. The first-order valence-electron chi connectivity index (χ1n) is 8.76. The summed E-state index contributed by atoms with van der Waals surface area (Å²) in [4.78, 5) is 26.2. The fraction of sp³-hybridized carbons (Fsp3) is 0.0909. The lowest BCUT2D eigenvalue weighted by atomic mass is 10.2. The minimum absolute atomic E-state index is 0.150. The number of benzene rings is 3. The van der Waals surface area contributed by atoms with E-state index in [1.165, 1.54) is 4.90 Å². The molecule has 0 fully saturated rings. The van der Waals surface area contributed by atoms with Crippen LogP contribution in [0.4, 0.5) is 5.69 Å². The second-order valence-electron chi connectivity index (χ2n) is 6.25. The summed E-state index contributed by atoms with van der Waals surface area (Å²) in [5.41, 5.74) is 0.764. The number of ether oxygens (including phenoxy) is 1. The number of amides is 2. The van der Waals surface area contributed by atoms with Gasteiger partial charge in [-0.25, -0.2) is 0 Å². The number of anilines is 1. The summed E-state index contributed by atoms with van der Waals surface area (Å²) >= 11 is 12.1. The molecule has 0 aliphatic carbocycles. The van der Waals surface area contributed by atoms with Gasteiger partial charge in [-0.1, -0.05) is 47.5 Å². The highest BCUT2D eigenvalue weighted by atomic mass is 35.5. The fourth-order valence-electron chi connectivity index (χ4n) is 2.59. The van der Waals surface area contributed by atoms with Crippen molar-refractivity contribution in [2.45, 2.75) is 0 Å². The molecule has 29 heavy (non-hydrogen) atoms. The van der Waals surface area contributed by atoms with E-state index in [4.69, 9.17) is 27.9 Å². The highest BCUT2D eigenvalue weighted by molar-refractivity contribution is 6.39. The van der Waals surface area contributed by atoms with E-state index in [0.29, 0.717) is 32.8 Å². The van der Waals surface area contributed by atoms with Gasteiger partial charge in [-0.3, -0.25) is 9.59 Å². The minimum Gasteiger partial charge on any atom is -0.457 e. The molecule has 3 rings (SSSR count). The van der Waals surface area contributed by atoms with E-state index >= 15 is 0 Å². The van der Waals surface area contributed by atoms with Gasteiger partial charge in [0, 0.05) is 12.6 Å². The van der Waals surface area contributed by atoms with Crippen LogP contribution < -0.4 is 10.1 Å². The molecule has 0 aromatic heterocycles. The predicted octanol–water partition coefficient (Wildman–Crippen LogP) is 5.50. The summed E-state index contributed by atoms with van der Waals surface area (Å²) in [6.07, 6.45) is 0. The number of hydrogen-bond acceptors (Lipinski definition) is 3. The van der Waals surface area contributed by atoms with Crippen LogP contribution in [0.15, 0.2) is 72.8 Å². The molecule has 0 saturated heterocycles. The molecule has 7 heteroatoms. The SMILES string of the molecule is CN(CC(=O)Nc1c(Cl)cccc1Cl)C(=O)c1ccc(Oc2ccccc2)cc1. The van der Waals surface area contributed by atoms with Crippen molar-refractivity contribution in [3.05, 3.63) is 88.4 Å². The molecule has 2 amide bonds. The molecule has 0 aliphatic rings. The van der Waals surface area contributed by atoms with Gasteiger partial charge < -0.3 is 15.0 Å². The lowest BCUT2D eigenvalue weighted by Gasteiger charge is -2.18. The van der Waals surface area contributed by atoms with Gasteiger partial charge in [0.25, 0.3) is 5.91 Å². The van der Waals surface area contributed by atoms with Gasteiger partial charge in [0.05, 0.1) is 22.3 Å². The predicted molar refractivity (Wildman–Crippen MR) is 115 cm³/mol. The molecule has 3 aromatic rings. The average Bonchev–Trinajstić information content (AvgIpc) is 2.71. The van der Waals surface area contributed by atoms with Crippen molar-refractivity contribution in [1.29, 1.82) is 0 Å². The number of rotatable bonds is 6. The van der Waals surface area contributed by atoms with E-state index in [-0.39, 0.29) is 12.5 Å². The number of carbonyl (C=O) groups excluding carboxylic acids is 2. The van der Waals surface area contributed by atoms with E-state index in [0.717, 1.165) is 0 Å². The lowest BCUT2D eigenvalue weighted by molar-refractivity contribution is -0.116. The van der Waals surface area contributed by atoms with Gasteiger partial charge in [0.2, 0.25) is 5.91 Å². The summed E-state index contributed by atoms with van der Waals surface area (Å²) in [7, 11) is 1.55. The van der Waals surface area contributed by atoms with Crippen LogP contribution in [-0.4, -0.2) is 30.3 Å². The highest BCUT2D eigenvalue weighted by Crippen LogP contribution is 2.29. The Morgan fingerprint density at radius 2 is 1.45 bits per heavy atom. The Hall–Kier alpha value is -3.02. The molecule has 0 spiro atoms. The first-order chi connectivity index (χ1) is 13.9. The zero-order valence-electron chi connectivity index (χ0n) is 15.6. The largest absolute Gasteiger partial charge is 0.457 e. The van der Waals surface area contributed by atoms with Crippen molar-refractivity contribution in [2.24, 2.45) is 0 Å². The van der Waals surface area contributed by atoms with Crippen LogP contribution in [0, 0.1) is 0 Å². The lowest BCUT2D eigenvalue weighted by Crippen LogP contribution is -2.35. The van der Waals surface area contributed by atoms with Crippen molar-refractivity contribution in [3.63, 3.8) is 0 Å². The maximum Gasteiger partial charge on any atom is 0.254 e. The third kappa shape index (κ3) is 5.50. The molecule has 148 valence electrons. The number of likely N-dealkylation sites (N-methyl/N-ethyl adjacent to an activating group) is 1. The van der Waals surface area contributed by atoms with Crippen LogP contribution in [0.25, 0.3) is 0 Å². The second-order valence-corrected chi connectivity index (χ2v) is 7.06. The summed E-state index contributed by atoms with van der Waals surface area (Å²) in [5.74, 6) is 0.622. The first-order valence-corrected chi connectivity index (χ1v) is 9.52. The smallest absolute Gasteiger partial charge is 0.254 e. The van der Waals surface area contributed by atoms with Crippen LogP contribution in [0.5, 0.6) is 11.5 Å². The zero-order chi connectivity index (χ0) is 20.8. The average molecular weight is 429 g/mol. The minimum atomic E-state index is -0.403. The molecule has 3 aromatic carbocycles. The van der Waals surface area contributed by atoms with Gasteiger partial charge in [-0.15, -0.1) is 0 Å². The van der Waals surface area contributed by atoms with E-state index < -0.39 is 5.91 Å². The molecule has 0 saturated carbocycles. The Balaban J connectivity index is 1.60. The molecule has 0 heterocycles. The molecular formula is C22H18Cl2N2O3. The monoisotopic (exact) mass is 428 g/mol. The van der Waals surface area contributed by atoms with E-state index in [1.54, 1.807) is 49.5 Å². The maximum atomic E-state index is 12.6. The normalized spacial score (nSPS) is 10.3. The maximum absolute atomic E-state index is 12.6. The van der Waals surface area contributed by atoms with Gasteiger partial charge in [0.1, 0.15) is 11.5 Å². The Labute approximate surface area is 178 Å². The molecule has 0 bridgehead atoms. The van der Waals surface area contributed by atoms with Crippen molar-refractivity contribution in [3.8, 4) is 11.5 Å². The summed E-state index contributed by atoms with van der Waals surface area (Å²) in [5, 5.41) is 3.29. The summed E-state index contributed by atoms with van der Waals surface area (Å²) in [6.45, 7) is -0.150. The van der Waals surface area contributed by atoms with Gasteiger partial charge >= 0.3 is 0 Å². The summed E-state index contributed by atoms with van der Waals surface area (Å²) < 4.78 is 5.71.